The Morgan fingerprint density at radius 3 is 2.86 bits per heavy atom. The highest BCUT2D eigenvalue weighted by molar-refractivity contribution is 5.54. The molecule has 1 aromatic carbocycles. The van der Waals surface area contributed by atoms with E-state index in [1.807, 2.05) is 6.07 Å². The molecular weight excluding hydrogens is 271 g/mol. The van der Waals surface area contributed by atoms with E-state index in [0.29, 0.717) is 5.95 Å². The lowest BCUT2D eigenvalue weighted by atomic mass is 10.2. The van der Waals surface area contributed by atoms with Gasteiger partial charge >= 0.3 is 0 Å². The minimum atomic E-state index is -0.270. The summed E-state index contributed by atoms with van der Waals surface area (Å²) in [5.41, 5.74) is 0.743. The summed E-state index contributed by atoms with van der Waals surface area (Å²) in [6, 6.07) is 7.88. The van der Waals surface area contributed by atoms with E-state index < -0.39 is 0 Å². The monoisotopic (exact) mass is 288 g/mol. The topological polar surface area (TPSA) is 59.1 Å². The standard InChI is InChI=1S/C15H17FN4O/c16-11-3-5-12(6-4-11)19-15-17-8-7-14(20-15)18-10-13-2-1-9-21-13/h3-8,13H,1-2,9-10H2,(H2,17,18,19,20). The van der Waals surface area contributed by atoms with Gasteiger partial charge in [-0.1, -0.05) is 0 Å². The molecule has 1 aliphatic heterocycles. The average Bonchev–Trinajstić information content (AvgIpc) is 3.01. The highest BCUT2D eigenvalue weighted by atomic mass is 19.1. The molecule has 1 fully saturated rings. The number of hydrogen-bond acceptors (Lipinski definition) is 5. The molecule has 2 heterocycles. The van der Waals surface area contributed by atoms with Gasteiger partial charge < -0.3 is 15.4 Å². The van der Waals surface area contributed by atoms with Crippen LogP contribution < -0.4 is 10.6 Å². The minimum Gasteiger partial charge on any atom is -0.376 e. The highest BCUT2D eigenvalue weighted by Crippen LogP contribution is 2.16. The van der Waals surface area contributed by atoms with Crippen LogP contribution in [0, 0.1) is 5.82 Å². The van der Waals surface area contributed by atoms with E-state index in [9.17, 15) is 4.39 Å². The van der Waals surface area contributed by atoms with Crippen molar-refractivity contribution in [2.45, 2.75) is 18.9 Å². The Bertz CT molecular complexity index is 584. The van der Waals surface area contributed by atoms with Crippen LogP contribution in [0.2, 0.25) is 0 Å². The maximum absolute atomic E-state index is 12.9. The van der Waals surface area contributed by atoms with Crippen LogP contribution >= 0.6 is 0 Å². The molecular formula is C15H17FN4O. The summed E-state index contributed by atoms with van der Waals surface area (Å²) < 4.78 is 18.4. The zero-order chi connectivity index (χ0) is 14.5. The third-order valence-corrected chi connectivity index (χ3v) is 3.29. The molecule has 3 rings (SSSR count). The fourth-order valence-corrected chi connectivity index (χ4v) is 2.20. The molecule has 0 spiro atoms. The van der Waals surface area contributed by atoms with E-state index in [4.69, 9.17) is 4.74 Å². The van der Waals surface area contributed by atoms with E-state index >= 15 is 0 Å². The van der Waals surface area contributed by atoms with Crippen molar-refractivity contribution in [2.75, 3.05) is 23.8 Å². The minimum absolute atomic E-state index is 0.258. The third-order valence-electron chi connectivity index (χ3n) is 3.29. The maximum atomic E-state index is 12.9. The summed E-state index contributed by atoms with van der Waals surface area (Å²) in [4.78, 5) is 8.52. The Hall–Kier alpha value is -2.21. The van der Waals surface area contributed by atoms with Crippen LogP contribution in [-0.2, 0) is 4.74 Å². The SMILES string of the molecule is Fc1ccc(Nc2nccc(NCC3CCCO3)n2)cc1. The van der Waals surface area contributed by atoms with E-state index in [1.165, 1.54) is 12.1 Å². The Kier molecular flexibility index (Phi) is 4.25. The molecule has 0 saturated carbocycles. The quantitative estimate of drug-likeness (QED) is 0.886. The molecule has 110 valence electrons. The van der Waals surface area contributed by atoms with Crippen LogP contribution in [-0.4, -0.2) is 29.2 Å². The van der Waals surface area contributed by atoms with Crippen molar-refractivity contribution in [3.63, 3.8) is 0 Å². The molecule has 1 unspecified atom stereocenters. The van der Waals surface area contributed by atoms with Gasteiger partial charge in [-0.25, -0.2) is 9.37 Å². The lowest BCUT2D eigenvalue weighted by Gasteiger charge is -2.12. The maximum Gasteiger partial charge on any atom is 0.229 e. The zero-order valence-corrected chi connectivity index (χ0v) is 11.6. The average molecular weight is 288 g/mol. The van der Waals surface area contributed by atoms with Crippen LogP contribution in [0.15, 0.2) is 36.5 Å². The van der Waals surface area contributed by atoms with E-state index in [-0.39, 0.29) is 11.9 Å². The first kappa shape index (κ1) is 13.8. The summed E-state index contributed by atoms with van der Waals surface area (Å²) in [7, 11) is 0. The lowest BCUT2D eigenvalue weighted by Crippen LogP contribution is -2.19. The first-order valence-corrected chi connectivity index (χ1v) is 7.01. The molecule has 6 heteroatoms. The molecule has 0 bridgehead atoms. The van der Waals surface area contributed by atoms with Crippen LogP contribution in [0.5, 0.6) is 0 Å². The third kappa shape index (κ3) is 3.88. The summed E-state index contributed by atoms with van der Waals surface area (Å²) in [6.07, 6.45) is 4.14. The van der Waals surface area contributed by atoms with Gasteiger partial charge in [-0.15, -0.1) is 0 Å². The molecule has 2 aromatic rings. The fraction of sp³-hybridized carbons (Fsp3) is 0.333. The number of aromatic nitrogens is 2. The first-order chi connectivity index (χ1) is 10.3. The van der Waals surface area contributed by atoms with Crippen molar-refractivity contribution >= 4 is 17.5 Å². The zero-order valence-electron chi connectivity index (χ0n) is 11.6. The van der Waals surface area contributed by atoms with E-state index in [1.54, 1.807) is 18.3 Å². The Balaban J connectivity index is 1.60. The first-order valence-electron chi connectivity index (χ1n) is 7.01. The Labute approximate surface area is 122 Å². The van der Waals surface area contributed by atoms with Crippen LogP contribution in [0.4, 0.5) is 21.8 Å². The van der Waals surface area contributed by atoms with E-state index in [0.717, 1.165) is 37.5 Å². The molecule has 0 radical (unpaired) electrons. The molecule has 2 N–H and O–H groups in total. The Morgan fingerprint density at radius 1 is 1.24 bits per heavy atom. The van der Waals surface area contributed by atoms with Gasteiger partial charge in [0, 0.05) is 25.0 Å². The number of halogens is 1. The lowest BCUT2D eigenvalue weighted by molar-refractivity contribution is 0.120. The Morgan fingerprint density at radius 2 is 2.10 bits per heavy atom. The van der Waals surface area contributed by atoms with Crippen molar-refractivity contribution in [2.24, 2.45) is 0 Å². The molecule has 0 aliphatic carbocycles. The number of benzene rings is 1. The van der Waals surface area contributed by atoms with E-state index in [2.05, 4.69) is 20.6 Å². The molecule has 1 saturated heterocycles. The molecule has 21 heavy (non-hydrogen) atoms. The summed E-state index contributed by atoms with van der Waals surface area (Å²) in [6.45, 7) is 1.58. The summed E-state index contributed by atoms with van der Waals surface area (Å²) in [5, 5.41) is 6.29. The van der Waals surface area contributed by atoms with Gasteiger partial charge in [0.15, 0.2) is 0 Å². The predicted molar refractivity (Wildman–Crippen MR) is 79.2 cm³/mol. The van der Waals surface area contributed by atoms with Gasteiger partial charge in [-0.3, -0.25) is 0 Å². The van der Waals surface area contributed by atoms with Crippen molar-refractivity contribution in [3.8, 4) is 0 Å². The van der Waals surface area contributed by atoms with Crippen molar-refractivity contribution < 1.29 is 9.13 Å². The largest absolute Gasteiger partial charge is 0.376 e. The van der Waals surface area contributed by atoms with Gasteiger partial charge in [0.1, 0.15) is 11.6 Å². The predicted octanol–water partition coefficient (Wildman–Crippen LogP) is 2.95. The normalized spacial score (nSPS) is 17.7. The number of nitrogens with zero attached hydrogens (tertiary/aromatic N) is 2. The van der Waals surface area contributed by atoms with Gasteiger partial charge in [-0.2, -0.15) is 4.98 Å². The van der Waals surface area contributed by atoms with Crippen molar-refractivity contribution in [1.82, 2.24) is 9.97 Å². The second-order valence-electron chi connectivity index (χ2n) is 4.91. The van der Waals surface area contributed by atoms with Crippen LogP contribution in [0.3, 0.4) is 0 Å². The number of ether oxygens (including phenoxy) is 1. The molecule has 5 nitrogen and oxygen atoms in total. The van der Waals surface area contributed by atoms with Gasteiger partial charge in [0.25, 0.3) is 0 Å². The van der Waals surface area contributed by atoms with Crippen molar-refractivity contribution in [3.05, 3.63) is 42.3 Å². The smallest absolute Gasteiger partial charge is 0.229 e. The second-order valence-corrected chi connectivity index (χ2v) is 4.91. The van der Waals surface area contributed by atoms with Crippen molar-refractivity contribution in [1.29, 1.82) is 0 Å². The molecule has 0 amide bonds. The van der Waals surface area contributed by atoms with Gasteiger partial charge in [0.2, 0.25) is 5.95 Å². The summed E-state index contributed by atoms with van der Waals surface area (Å²) in [5.74, 6) is 0.942. The number of rotatable bonds is 5. The number of hydrogen-bond donors (Lipinski definition) is 2. The summed E-state index contributed by atoms with van der Waals surface area (Å²) >= 11 is 0. The second kappa shape index (κ2) is 6.49. The molecule has 1 aromatic heterocycles. The van der Waals surface area contributed by atoms with Gasteiger partial charge in [0.05, 0.1) is 6.10 Å². The number of nitrogens with one attached hydrogen (secondary N) is 2. The fourth-order valence-electron chi connectivity index (χ4n) is 2.20. The highest BCUT2D eigenvalue weighted by Gasteiger charge is 2.15. The number of anilines is 3. The van der Waals surface area contributed by atoms with Gasteiger partial charge in [-0.05, 0) is 43.2 Å². The molecule has 1 aliphatic rings. The molecule has 1 atom stereocenters. The van der Waals surface area contributed by atoms with Crippen LogP contribution in [0.1, 0.15) is 12.8 Å². The van der Waals surface area contributed by atoms with Crippen LogP contribution in [0.25, 0.3) is 0 Å².